The highest BCUT2D eigenvalue weighted by Gasteiger charge is 2.13. The van der Waals surface area contributed by atoms with Crippen molar-refractivity contribution < 1.29 is 8.78 Å². The van der Waals surface area contributed by atoms with Gasteiger partial charge in [-0.1, -0.05) is 0 Å². The lowest BCUT2D eigenvalue weighted by Gasteiger charge is -2.13. The Labute approximate surface area is 109 Å². The van der Waals surface area contributed by atoms with Crippen molar-refractivity contribution in [2.75, 3.05) is 0 Å². The molecule has 0 amide bonds. The Morgan fingerprint density at radius 2 is 2.11 bits per heavy atom. The molecule has 0 saturated carbocycles. The molecule has 0 saturated heterocycles. The molecule has 1 unspecified atom stereocenters. The highest BCUT2D eigenvalue weighted by atomic mass is 19.1. The first-order chi connectivity index (χ1) is 9.11. The third kappa shape index (κ3) is 2.95. The number of aromatic amines is 1. The summed E-state index contributed by atoms with van der Waals surface area (Å²) in [6, 6.07) is 3.68. The zero-order valence-electron chi connectivity index (χ0n) is 10.2. The summed E-state index contributed by atoms with van der Waals surface area (Å²) in [5.74, 6) is -1.44. The molecule has 0 bridgehead atoms. The summed E-state index contributed by atoms with van der Waals surface area (Å²) in [6.07, 6.45) is 3.35. The van der Waals surface area contributed by atoms with E-state index in [2.05, 4.69) is 15.5 Å². The van der Waals surface area contributed by atoms with Crippen LogP contribution < -0.4 is 5.32 Å². The zero-order chi connectivity index (χ0) is 13.8. The molecule has 1 aromatic carbocycles. The SMILES string of the molecule is CC(NCc1c(F)cc(C#N)cc1F)c1cn[nH]c1. The van der Waals surface area contributed by atoms with Crippen molar-refractivity contribution in [3.8, 4) is 6.07 Å². The quantitative estimate of drug-likeness (QED) is 0.889. The Morgan fingerprint density at radius 3 is 2.63 bits per heavy atom. The summed E-state index contributed by atoms with van der Waals surface area (Å²) < 4.78 is 27.3. The van der Waals surface area contributed by atoms with E-state index < -0.39 is 11.6 Å². The molecule has 0 aliphatic rings. The lowest BCUT2D eigenvalue weighted by molar-refractivity contribution is 0.509. The average molecular weight is 262 g/mol. The van der Waals surface area contributed by atoms with Gasteiger partial charge >= 0.3 is 0 Å². The smallest absolute Gasteiger partial charge is 0.131 e. The number of nitriles is 1. The van der Waals surface area contributed by atoms with Gasteiger partial charge in [0.1, 0.15) is 11.6 Å². The maximum Gasteiger partial charge on any atom is 0.131 e. The zero-order valence-corrected chi connectivity index (χ0v) is 10.2. The van der Waals surface area contributed by atoms with Gasteiger partial charge in [-0.3, -0.25) is 5.10 Å². The lowest BCUT2D eigenvalue weighted by Crippen LogP contribution is -2.19. The van der Waals surface area contributed by atoms with Crippen LogP contribution in [0.15, 0.2) is 24.5 Å². The fourth-order valence-electron chi connectivity index (χ4n) is 1.71. The third-order valence-corrected chi connectivity index (χ3v) is 2.87. The normalized spacial score (nSPS) is 12.1. The first-order valence-corrected chi connectivity index (χ1v) is 5.72. The molecule has 2 rings (SSSR count). The Morgan fingerprint density at radius 1 is 1.42 bits per heavy atom. The molecular weight excluding hydrogens is 250 g/mol. The number of hydrogen-bond acceptors (Lipinski definition) is 3. The summed E-state index contributed by atoms with van der Waals surface area (Å²) in [7, 11) is 0. The van der Waals surface area contributed by atoms with E-state index in [0.29, 0.717) is 0 Å². The van der Waals surface area contributed by atoms with E-state index in [-0.39, 0.29) is 23.7 Å². The molecule has 1 atom stereocenters. The molecule has 0 aliphatic heterocycles. The van der Waals surface area contributed by atoms with Crippen LogP contribution in [0.25, 0.3) is 0 Å². The Kier molecular flexibility index (Phi) is 3.88. The number of nitrogens with zero attached hydrogens (tertiary/aromatic N) is 2. The van der Waals surface area contributed by atoms with Crippen LogP contribution in [0.3, 0.4) is 0 Å². The molecule has 0 radical (unpaired) electrons. The number of halogens is 2. The molecular formula is C13H12F2N4. The van der Waals surface area contributed by atoms with Gasteiger partial charge < -0.3 is 5.32 Å². The fraction of sp³-hybridized carbons (Fsp3) is 0.231. The van der Waals surface area contributed by atoms with Crippen LogP contribution >= 0.6 is 0 Å². The van der Waals surface area contributed by atoms with Crippen LogP contribution in [0, 0.1) is 23.0 Å². The van der Waals surface area contributed by atoms with E-state index in [4.69, 9.17) is 5.26 Å². The first kappa shape index (κ1) is 13.2. The molecule has 2 aromatic rings. The second kappa shape index (κ2) is 5.59. The number of nitrogens with one attached hydrogen (secondary N) is 2. The first-order valence-electron chi connectivity index (χ1n) is 5.72. The van der Waals surface area contributed by atoms with E-state index >= 15 is 0 Å². The minimum atomic E-state index is -0.719. The van der Waals surface area contributed by atoms with E-state index in [1.807, 2.05) is 6.92 Å². The minimum Gasteiger partial charge on any atom is -0.306 e. The average Bonchev–Trinajstić information content (AvgIpc) is 2.91. The van der Waals surface area contributed by atoms with E-state index in [9.17, 15) is 8.78 Å². The highest BCUT2D eigenvalue weighted by molar-refractivity contribution is 5.34. The van der Waals surface area contributed by atoms with Gasteiger partial charge in [-0.25, -0.2) is 8.78 Å². The van der Waals surface area contributed by atoms with Gasteiger partial charge in [-0.15, -0.1) is 0 Å². The number of benzene rings is 1. The Hall–Kier alpha value is -2.26. The van der Waals surface area contributed by atoms with Crippen molar-refractivity contribution >= 4 is 0 Å². The monoisotopic (exact) mass is 262 g/mol. The second-order valence-electron chi connectivity index (χ2n) is 4.16. The van der Waals surface area contributed by atoms with Crippen LogP contribution in [-0.2, 0) is 6.54 Å². The lowest BCUT2D eigenvalue weighted by atomic mass is 10.1. The summed E-state index contributed by atoms with van der Waals surface area (Å²) in [4.78, 5) is 0. The molecule has 0 aliphatic carbocycles. The fourth-order valence-corrected chi connectivity index (χ4v) is 1.71. The van der Waals surface area contributed by atoms with E-state index in [1.165, 1.54) is 0 Å². The molecule has 0 fully saturated rings. The second-order valence-corrected chi connectivity index (χ2v) is 4.16. The summed E-state index contributed by atoms with van der Waals surface area (Å²) >= 11 is 0. The maximum absolute atomic E-state index is 13.6. The van der Waals surface area contributed by atoms with Gasteiger partial charge in [0.15, 0.2) is 0 Å². The molecule has 0 spiro atoms. The highest BCUT2D eigenvalue weighted by Crippen LogP contribution is 2.17. The van der Waals surface area contributed by atoms with Crippen molar-refractivity contribution in [2.45, 2.75) is 19.5 Å². The summed E-state index contributed by atoms with van der Waals surface area (Å²) in [5.41, 5.74) is 0.797. The standard InChI is InChI=1S/C13H12F2N4/c1-8(10-5-18-19-6-10)17-7-11-12(14)2-9(4-16)3-13(11)15/h2-3,5-6,8,17H,7H2,1H3,(H,18,19). The topological polar surface area (TPSA) is 64.5 Å². The van der Waals surface area contributed by atoms with Crippen LogP contribution in [0.1, 0.15) is 29.7 Å². The Bertz CT molecular complexity index is 579. The number of aromatic nitrogens is 2. The van der Waals surface area contributed by atoms with Crippen LogP contribution in [0.2, 0.25) is 0 Å². The van der Waals surface area contributed by atoms with Crippen LogP contribution in [0.5, 0.6) is 0 Å². The van der Waals surface area contributed by atoms with E-state index in [0.717, 1.165) is 17.7 Å². The van der Waals surface area contributed by atoms with Crippen LogP contribution in [-0.4, -0.2) is 10.2 Å². The van der Waals surface area contributed by atoms with Crippen molar-refractivity contribution in [1.82, 2.24) is 15.5 Å². The van der Waals surface area contributed by atoms with Crippen molar-refractivity contribution in [3.63, 3.8) is 0 Å². The molecule has 98 valence electrons. The molecule has 19 heavy (non-hydrogen) atoms. The molecule has 2 N–H and O–H groups in total. The van der Waals surface area contributed by atoms with Crippen molar-refractivity contribution in [1.29, 1.82) is 5.26 Å². The van der Waals surface area contributed by atoms with Gasteiger partial charge in [0.05, 0.1) is 17.8 Å². The number of H-pyrrole nitrogens is 1. The predicted octanol–water partition coefficient (Wildman–Crippen LogP) is 2.41. The third-order valence-electron chi connectivity index (χ3n) is 2.87. The van der Waals surface area contributed by atoms with Crippen molar-refractivity contribution in [3.05, 3.63) is 52.9 Å². The van der Waals surface area contributed by atoms with E-state index in [1.54, 1.807) is 18.5 Å². The predicted molar refractivity (Wildman–Crippen MR) is 64.9 cm³/mol. The molecule has 1 aromatic heterocycles. The Balaban J connectivity index is 2.10. The van der Waals surface area contributed by atoms with Crippen molar-refractivity contribution in [2.24, 2.45) is 0 Å². The summed E-state index contributed by atoms with van der Waals surface area (Å²) in [5, 5.41) is 18.1. The number of rotatable bonds is 4. The molecule has 6 heteroatoms. The largest absolute Gasteiger partial charge is 0.306 e. The van der Waals surface area contributed by atoms with Gasteiger partial charge in [-0.05, 0) is 19.1 Å². The maximum atomic E-state index is 13.6. The molecule has 4 nitrogen and oxygen atoms in total. The molecule has 1 heterocycles. The summed E-state index contributed by atoms with van der Waals surface area (Å²) in [6.45, 7) is 1.90. The van der Waals surface area contributed by atoms with Gasteiger partial charge in [0.25, 0.3) is 0 Å². The van der Waals surface area contributed by atoms with Gasteiger partial charge in [0, 0.05) is 29.9 Å². The van der Waals surface area contributed by atoms with Gasteiger partial charge in [0.2, 0.25) is 0 Å². The van der Waals surface area contributed by atoms with Gasteiger partial charge in [-0.2, -0.15) is 10.4 Å². The van der Waals surface area contributed by atoms with Crippen LogP contribution in [0.4, 0.5) is 8.78 Å². The number of hydrogen-bond donors (Lipinski definition) is 2. The minimum absolute atomic E-state index is 0.0263.